The van der Waals surface area contributed by atoms with Gasteiger partial charge in [-0.2, -0.15) is 0 Å². The monoisotopic (exact) mass is 318 g/mol. The fourth-order valence-corrected chi connectivity index (χ4v) is 2.36. The summed E-state index contributed by atoms with van der Waals surface area (Å²) in [6, 6.07) is 1.62. The zero-order valence-electron chi connectivity index (χ0n) is 13.9. The van der Waals surface area contributed by atoms with Crippen LogP contribution in [0.25, 0.3) is 5.57 Å². The van der Waals surface area contributed by atoms with E-state index in [1.807, 2.05) is 33.8 Å². The summed E-state index contributed by atoms with van der Waals surface area (Å²) in [6.45, 7) is 8.15. The molecule has 1 aliphatic rings. The lowest BCUT2D eigenvalue weighted by molar-refractivity contribution is 0.0270. The molecule has 0 aromatic carbocycles. The molecule has 0 atom stereocenters. The van der Waals surface area contributed by atoms with Gasteiger partial charge in [-0.05, 0) is 51.3 Å². The van der Waals surface area contributed by atoms with Crippen LogP contribution < -0.4 is 0 Å². The van der Waals surface area contributed by atoms with Crippen LogP contribution in [0.4, 0.5) is 4.79 Å². The molecular weight excluding hydrogens is 296 g/mol. The molecule has 124 valence electrons. The molecule has 1 N–H and O–H groups in total. The number of hydrogen-bond donors (Lipinski definition) is 1. The van der Waals surface area contributed by atoms with Crippen molar-refractivity contribution in [2.24, 2.45) is 0 Å². The summed E-state index contributed by atoms with van der Waals surface area (Å²) < 4.78 is 5.34. The molecule has 1 aromatic heterocycles. The standard InChI is InChI=1S/C17H22N2O4/c1-11-9-13(15(20)21)14(18-10-11)12-5-7-19(8-6-12)16(22)23-17(2,3)4/h5,9-10H,6-8H2,1-4H3,(H,20,21). The van der Waals surface area contributed by atoms with Gasteiger partial charge >= 0.3 is 12.1 Å². The summed E-state index contributed by atoms with van der Waals surface area (Å²) >= 11 is 0. The van der Waals surface area contributed by atoms with Gasteiger partial charge in [-0.3, -0.25) is 4.98 Å². The van der Waals surface area contributed by atoms with Gasteiger partial charge in [-0.25, -0.2) is 9.59 Å². The molecule has 2 heterocycles. The molecule has 0 radical (unpaired) electrons. The molecule has 23 heavy (non-hydrogen) atoms. The Balaban J connectivity index is 2.17. The lowest BCUT2D eigenvalue weighted by Crippen LogP contribution is -2.39. The molecule has 1 aromatic rings. The van der Waals surface area contributed by atoms with Gasteiger partial charge in [-0.15, -0.1) is 0 Å². The minimum atomic E-state index is -0.994. The number of ether oxygens (including phenoxy) is 1. The third kappa shape index (κ3) is 4.31. The van der Waals surface area contributed by atoms with Gasteiger partial charge in [0.15, 0.2) is 0 Å². The zero-order chi connectivity index (χ0) is 17.2. The summed E-state index contributed by atoms with van der Waals surface area (Å²) in [6.07, 6.45) is 3.69. The number of aromatic nitrogens is 1. The minimum Gasteiger partial charge on any atom is -0.478 e. The predicted octanol–water partition coefficient (Wildman–Crippen LogP) is 3.11. The van der Waals surface area contributed by atoms with E-state index in [2.05, 4.69) is 4.98 Å². The van der Waals surface area contributed by atoms with Crippen LogP contribution in [0.5, 0.6) is 0 Å². The average molecular weight is 318 g/mol. The Morgan fingerprint density at radius 2 is 2.04 bits per heavy atom. The molecule has 0 saturated heterocycles. The van der Waals surface area contributed by atoms with Crippen LogP contribution >= 0.6 is 0 Å². The van der Waals surface area contributed by atoms with Gasteiger partial charge < -0.3 is 14.7 Å². The Hall–Kier alpha value is -2.37. The van der Waals surface area contributed by atoms with Crippen molar-refractivity contribution < 1.29 is 19.4 Å². The molecule has 1 aliphatic heterocycles. The second-order valence-electron chi connectivity index (χ2n) is 6.62. The molecule has 1 amide bonds. The van der Waals surface area contributed by atoms with Gasteiger partial charge in [0, 0.05) is 19.3 Å². The molecule has 2 rings (SSSR count). The minimum absolute atomic E-state index is 0.196. The first-order valence-electron chi connectivity index (χ1n) is 7.54. The normalized spacial score (nSPS) is 15.1. The van der Waals surface area contributed by atoms with E-state index in [1.54, 1.807) is 17.2 Å². The van der Waals surface area contributed by atoms with E-state index in [9.17, 15) is 14.7 Å². The van der Waals surface area contributed by atoms with Crippen molar-refractivity contribution in [3.63, 3.8) is 0 Å². The highest BCUT2D eigenvalue weighted by Crippen LogP contribution is 2.25. The molecule has 0 aliphatic carbocycles. The number of carboxylic acid groups (broad SMARTS) is 1. The van der Waals surface area contributed by atoms with E-state index in [-0.39, 0.29) is 11.7 Å². The summed E-state index contributed by atoms with van der Waals surface area (Å²) in [7, 11) is 0. The van der Waals surface area contributed by atoms with Crippen LogP contribution in [-0.4, -0.2) is 45.7 Å². The molecule has 0 spiro atoms. The summed E-state index contributed by atoms with van der Waals surface area (Å²) in [4.78, 5) is 29.3. The van der Waals surface area contributed by atoms with Crippen molar-refractivity contribution in [3.8, 4) is 0 Å². The van der Waals surface area contributed by atoms with E-state index >= 15 is 0 Å². The highest BCUT2D eigenvalue weighted by Gasteiger charge is 2.25. The Labute approximate surface area is 135 Å². The molecule has 0 fully saturated rings. The fourth-order valence-electron chi connectivity index (χ4n) is 2.36. The van der Waals surface area contributed by atoms with Crippen LogP contribution in [0, 0.1) is 6.92 Å². The van der Waals surface area contributed by atoms with Gasteiger partial charge in [0.2, 0.25) is 0 Å². The van der Waals surface area contributed by atoms with Crippen molar-refractivity contribution in [2.75, 3.05) is 13.1 Å². The molecule has 0 bridgehead atoms. The second-order valence-corrected chi connectivity index (χ2v) is 6.62. The van der Waals surface area contributed by atoms with E-state index < -0.39 is 11.6 Å². The number of carbonyl (C=O) groups excluding carboxylic acids is 1. The van der Waals surface area contributed by atoms with Gasteiger partial charge in [-0.1, -0.05) is 6.08 Å². The van der Waals surface area contributed by atoms with Gasteiger partial charge in [0.05, 0.1) is 11.3 Å². The maximum absolute atomic E-state index is 12.0. The number of carboxylic acids is 1. The van der Waals surface area contributed by atoms with Crippen LogP contribution in [0.3, 0.4) is 0 Å². The SMILES string of the molecule is Cc1cnc(C2=CCN(C(=O)OC(C)(C)C)CC2)c(C(=O)O)c1. The Morgan fingerprint density at radius 1 is 1.35 bits per heavy atom. The topological polar surface area (TPSA) is 79.7 Å². The highest BCUT2D eigenvalue weighted by molar-refractivity contribution is 5.93. The third-order valence-electron chi connectivity index (χ3n) is 3.42. The number of carbonyl (C=O) groups is 2. The maximum atomic E-state index is 12.0. The molecule has 6 heteroatoms. The molecular formula is C17H22N2O4. The maximum Gasteiger partial charge on any atom is 0.410 e. The number of hydrogen-bond acceptors (Lipinski definition) is 4. The number of pyridine rings is 1. The highest BCUT2D eigenvalue weighted by atomic mass is 16.6. The second kappa shape index (κ2) is 6.40. The Bertz CT molecular complexity index is 659. The summed E-state index contributed by atoms with van der Waals surface area (Å²) in [5, 5.41) is 9.34. The van der Waals surface area contributed by atoms with Crippen molar-refractivity contribution >= 4 is 17.6 Å². The Morgan fingerprint density at radius 3 is 2.57 bits per heavy atom. The predicted molar refractivity (Wildman–Crippen MR) is 86.3 cm³/mol. The first-order chi connectivity index (χ1) is 10.7. The first-order valence-corrected chi connectivity index (χ1v) is 7.54. The van der Waals surface area contributed by atoms with Crippen LogP contribution in [0.15, 0.2) is 18.3 Å². The van der Waals surface area contributed by atoms with Crippen LogP contribution in [0.1, 0.15) is 48.8 Å². The summed E-state index contributed by atoms with van der Waals surface area (Å²) in [5.74, 6) is -0.994. The smallest absolute Gasteiger partial charge is 0.410 e. The number of aromatic carboxylic acids is 1. The first kappa shape index (κ1) is 17.0. The van der Waals surface area contributed by atoms with Crippen molar-refractivity contribution in [1.29, 1.82) is 0 Å². The van der Waals surface area contributed by atoms with Gasteiger partial charge in [0.25, 0.3) is 0 Å². The molecule has 6 nitrogen and oxygen atoms in total. The Kier molecular flexibility index (Phi) is 4.73. The van der Waals surface area contributed by atoms with E-state index in [0.29, 0.717) is 25.2 Å². The van der Waals surface area contributed by atoms with Gasteiger partial charge in [0.1, 0.15) is 5.60 Å². The average Bonchev–Trinajstić information content (AvgIpc) is 2.45. The van der Waals surface area contributed by atoms with Crippen molar-refractivity contribution in [1.82, 2.24) is 9.88 Å². The van der Waals surface area contributed by atoms with Crippen LogP contribution in [-0.2, 0) is 4.74 Å². The lowest BCUT2D eigenvalue weighted by Gasteiger charge is -2.29. The largest absolute Gasteiger partial charge is 0.478 e. The van der Waals surface area contributed by atoms with E-state index in [0.717, 1.165) is 11.1 Å². The number of amides is 1. The zero-order valence-corrected chi connectivity index (χ0v) is 13.9. The molecule has 0 saturated carbocycles. The molecule has 0 unspecified atom stereocenters. The van der Waals surface area contributed by atoms with E-state index in [4.69, 9.17) is 4.74 Å². The number of nitrogens with zero attached hydrogens (tertiary/aromatic N) is 2. The number of rotatable bonds is 2. The van der Waals surface area contributed by atoms with Crippen LogP contribution in [0.2, 0.25) is 0 Å². The third-order valence-corrected chi connectivity index (χ3v) is 3.42. The fraction of sp³-hybridized carbons (Fsp3) is 0.471. The summed E-state index contributed by atoms with van der Waals surface area (Å²) in [5.41, 5.74) is 1.80. The lowest BCUT2D eigenvalue weighted by atomic mass is 9.99. The van der Waals surface area contributed by atoms with E-state index in [1.165, 1.54) is 0 Å². The van der Waals surface area contributed by atoms with Crippen molar-refractivity contribution in [3.05, 3.63) is 35.2 Å². The quantitative estimate of drug-likeness (QED) is 0.906. The van der Waals surface area contributed by atoms with Crippen molar-refractivity contribution in [2.45, 2.75) is 39.7 Å². The number of aryl methyl sites for hydroxylation is 1.